The van der Waals surface area contributed by atoms with Gasteiger partial charge in [-0.3, -0.25) is 37.3 Å². The van der Waals surface area contributed by atoms with E-state index in [1.807, 2.05) is 0 Å². The molecule has 0 bridgehead atoms. The van der Waals surface area contributed by atoms with E-state index in [9.17, 15) is 43.2 Å². The van der Waals surface area contributed by atoms with Crippen LogP contribution in [0, 0.1) is 17.8 Å². The summed E-state index contributed by atoms with van der Waals surface area (Å²) < 4.78 is 68.6. The van der Waals surface area contributed by atoms with Gasteiger partial charge >= 0.3 is 39.5 Å². The van der Waals surface area contributed by atoms with Gasteiger partial charge in [0.25, 0.3) is 0 Å². The number of carbonyl (C=O) groups excluding carboxylic acids is 4. The second-order valence-corrected chi connectivity index (χ2v) is 32.6. The van der Waals surface area contributed by atoms with Gasteiger partial charge in [0.05, 0.1) is 26.4 Å². The van der Waals surface area contributed by atoms with Gasteiger partial charge in [0.1, 0.15) is 19.3 Å². The Kier molecular flexibility index (Phi) is 68.1. The summed E-state index contributed by atoms with van der Waals surface area (Å²) in [6.07, 6.45) is 56.9. The van der Waals surface area contributed by atoms with Crippen LogP contribution in [0.3, 0.4) is 0 Å². The lowest BCUT2D eigenvalue weighted by Crippen LogP contribution is -2.30. The third kappa shape index (κ3) is 71.1. The van der Waals surface area contributed by atoms with Crippen molar-refractivity contribution in [3.05, 3.63) is 0 Å². The summed E-state index contributed by atoms with van der Waals surface area (Å²) in [5.74, 6) is 0.242. The molecule has 0 rings (SSSR count). The maximum absolute atomic E-state index is 13.1. The third-order valence-corrected chi connectivity index (χ3v) is 20.6. The monoisotopic (exact) mass is 1440 g/mol. The maximum Gasteiger partial charge on any atom is 0.472 e. The number of aliphatic hydroxyl groups excluding tert-OH is 1. The summed E-state index contributed by atoms with van der Waals surface area (Å²) in [4.78, 5) is 72.9. The highest BCUT2D eigenvalue weighted by Crippen LogP contribution is 2.45. The van der Waals surface area contributed by atoms with Crippen molar-refractivity contribution in [3.63, 3.8) is 0 Å². The van der Waals surface area contributed by atoms with E-state index < -0.39 is 97.5 Å². The van der Waals surface area contributed by atoms with E-state index >= 15 is 0 Å². The van der Waals surface area contributed by atoms with Gasteiger partial charge in [-0.1, -0.05) is 357 Å². The zero-order valence-corrected chi connectivity index (χ0v) is 66.0. The zero-order chi connectivity index (χ0) is 72.3. The van der Waals surface area contributed by atoms with E-state index in [0.717, 1.165) is 108 Å². The standard InChI is InChI=1S/C79H154O17P2/c1-8-10-11-12-13-14-15-25-32-41-48-55-62-78(83)96-75(67-90-77(82)61-54-47-40-35-34-37-44-51-58-71(5)6)69-94-98(87,88)92-65-73(80)64-91-97(85,86)93-68-74(66-89-76(81)60-53-46-39-31-28-27-29-36-43-50-57-70(3)4)95-79(84)63-56-49-42-33-26-23-21-19-17-16-18-20-22-24-30-38-45-52-59-72(7)9-2/h70-75,80H,8-69H2,1-7H3,(H,85,86)(H,87,88)/t72?,73-,74-,75-/m1/s1. The lowest BCUT2D eigenvalue weighted by Gasteiger charge is -2.21. The van der Waals surface area contributed by atoms with Gasteiger partial charge in [-0.05, 0) is 43.4 Å². The van der Waals surface area contributed by atoms with Crippen LogP contribution in [-0.4, -0.2) is 96.7 Å². The molecule has 0 saturated carbocycles. The van der Waals surface area contributed by atoms with Crippen LogP contribution < -0.4 is 0 Å². The maximum atomic E-state index is 13.1. The molecule has 3 N–H and O–H groups in total. The SMILES string of the molecule is CCCCCCCCCCCCCCC(=O)O[C@H](COC(=O)CCCCCCCCCCC(C)C)COP(=O)(O)OC[C@H](O)COP(=O)(O)OC[C@@H](COC(=O)CCCCCCCCCCCCC(C)C)OC(=O)CCCCCCCCCCCCCCCCCCCCC(C)CC. The Labute approximate surface area is 600 Å². The average molecular weight is 1440 g/mol. The summed E-state index contributed by atoms with van der Waals surface area (Å²) in [6.45, 7) is 11.9. The Morgan fingerprint density at radius 3 is 0.776 bits per heavy atom. The highest BCUT2D eigenvalue weighted by Gasteiger charge is 2.30. The highest BCUT2D eigenvalue weighted by molar-refractivity contribution is 7.47. The van der Waals surface area contributed by atoms with Gasteiger partial charge in [0.15, 0.2) is 12.2 Å². The molecule has 0 fully saturated rings. The molecule has 19 heteroatoms. The summed E-state index contributed by atoms with van der Waals surface area (Å²) in [6, 6.07) is 0. The Hall–Kier alpha value is -1.94. The fourth-order valence-electron chi connectivity index (χ4n) is 12.1. The molecule has 0 saturated heterocycles. The molecule has 98 heavy (non-hydrogen) atoms. The minimum Gasteiger partial charge on any atom is -0.462 e. The molecule has 582 valence electrons. The van der Waals surface area contributed by atoms with Crippen LogP contribution in [0.5, 0.6) is 0 Å². The molecule has 0 aromatic carbocycles. The predicted molar refractivity (Wildman–Crippen MR) is 400 cm³/mol. The number of rotatable bonds is 77. The molecular weight excluding hydrogens is 1280 g/mol. The van der Waals surface area contributed by atoms with Gasteiger partial charge in [0.2, 0.25) is 0 Å². The fourth-order valence-corrected chi connectivity index (χ4v) is 13.7. The van der Waals surface area contributed by atoms with E-state index in [4.69, 9.17) is 37.0 Å². The summed E-state index contributed by atoms with van der Waals surface area (Å²) in [5.41, 5.74) is 0. The van der Waals surface area contributed by atoms with E-state index in [1.165, 1.54) is 218 Å². The van der Waals surface area contributed by atoms with Crippen LogP contribution in [0.1, 0.15) is 408 Å². The van der Waals surface area contributed by atoms with E-state index in [-0.39, 0.29) is 25.7 Å². The largest absolute Gasteiger partial charge is 0.472 e. The number of hydrogen-bond donors (Lipinski definition) is 3. The van der Waals surface area contributed by atoms with Gasteiger partial charge in [-0.25, -0.2) is 9.13 Å². The summed E-state index contributed by atoms with van der Waals surface area (Å²) >= 11 is 0. The molecule has 0 aromatic rings. The number of ether oxygens (including phenoxy) is 4. The molecule has 0 aromatic heterocycles. The van der Waals surface area contributed by atoms with Crippen LogP contribution in [-0.2, 0) is 65.4 Å². The van der Waals surface area contributed by atoms with Crippen molar-refractivity contribution in [2.75, 3.05) is 39.6 Å². The van der Waals surface area contributed by atoms with Crippen LogP contribution in [0.25, 0.3) is 0 Å². The van der Waals surface area contributed by atoms with Crippen LogP contribution in [0.15, 0.2) is 0 Å². The number of hydrogen-bond acceptors (Lipinski definition) is 15. The Bertz CT molecular complexity index is 1910. The molecule has 3 unspecified atom stereocenters. The second-order valence-electron chi connectivity index (χ2n) is 29.6. The molecule has 6 atom stereocenters. The number of phosphoric ester groups is 2. The first kappa shape index (κ1) is 96.1. The zero-order valence-electron chi connectivity index (χ0n) is 64.3. The Balaban J connectivity index is 5.20. The molecule has 0 spiro atoms. The average Bonchev–Trinajstić information content (AvgIpc) is 1.11. The van der Waals surface area contributed by atoms with Crippen LogP contribution in [0.4, 0.5) is 0 Å². The minimum absolute atomic E-state index is 0.107. The minimum atomic E-state index is -4.96. The molecule has 0 aliphatic carbocycles. The normalized spacial score (nSPS) is 14.3. The van der Waals surface area contributed by atoms with Crippen LogP contribution >= 0.6 is 15.6 Å². The van der Waals surface area contributed by atoms with Crippen LogP contribution in [0.2, 0.25) is 0 Å². The molecule has 0 aliphatic heterocycles. The predicted octanol–water partition coefficient (Wildman–Crippen LogP) is 23.4. The van der Waals surface area contributed by atoms with Gasteiger partial charge in [-0.15, -0.1) is 0 Å². The molecule has 0 aliphatic rings. The van der Waals surface area contributed by atoms with E-state index in [0.29, 0.717) is 25.7 Å². The number of phosphoric acid groups is 2. The number of carbonyl (C=O) groups is 4. The van der Waals surface area contributed by atoms with Crippen molar-refractivity contribution in [1.29, 1.82) is 0 Å². The quantitative estimate of drug-likeness (QED) is 0.0222. The highest BCUT2D eigenvalue weighted by atomic mass is 31.2. The molecule has 17 nitrogen and oxygen atoms in total. The first-order chi connectivity index (χ1) is 47.3. The van der Waals surface area contributed by atoms with Crippen molar-refractivity contribution in [3.8, 4) is 0 Å². The number of esters is 4. The molecule has 0 amide bonds. The third-order valence-electron chi connectivity index (χ3n) is 18.7. The van der Waals surface area contributed by atoms with Crippen molar-refractivity contribution in [2.24, 2.45) is 17.8 Å². The Morgan fingerprint density at radius 1 is 0.296 bits per heavy atom. The van der Waals surface area contributed by atoms with Gasteiger partial charge < -0.3 is 33.8 Å². The lowest BCUT2D eigenvalue weighted by atomic mass is 9.99. The van der Waals surface area contributed by atoms with Crippen molar-refractivity contribution < 1.29 is 80.2 Å². The molecule has 0 radical (unpaired) electrons. The van der Waals surface area contributed by atoms with Gasteiger partial charge in [0, 0.05) is 25.7 Å². The van der Waals surface area contributed by atoms with E-state index in [2.05, 4.69) is 48.5 Å². The first-order valence-corrected chi connectivity index (χ1v) is 43.9. The van der Waals surface area contributed by atoms with Crippen molar-refractivity contribution >= 4 is 39.5 Å². The number of unbranched alkanes of at least 4 members (excludes halogenated alkanes) is 44. The summed E-state index contributed by atoms with van der Waals surface area (Å²) in [7, 11) is -9.92. The molecule has 0 heterocycles. The fraction of sp³-hybridized carbons (Fsp3) is 0.949. The van der Waals surface area contributed by atoms with Gasteiger partial charge in [-0.2, -0.15) is 0 Å². The van der Waals surface area contributed by atoms with Crippen molar-refractivity contribution in [2.45, 2.75) is 426 Å². The lowest BCUT2D eigenvalue weighted by molar-refractivity contribution is -0.161. The molecular formula is C79H154O17P2. The first-order valence-electron chi connectivity index (χ1n) is 40.9. The topological polar surface area (TPSA) is 237 Å². The number of aliphatic hydroxyl groups is 1. The second kappa shape index (κ2) is 69.4. The van der Waals surface area contributed by atoms with Crippen molar-refractivity contribution in [1.82, 2.24) is 0 Å². The Morgan fingerprint density at radius 2 is 0.520 bits per heavy atom. The van der Waals surface area contributed by atoms with E-state index in [1.54, 1.807) is 0 Å². The smallest absolute Gasteiger partial charge is 0.462 e. The summed E-state index contributed by atoms with van der Waals surface area (Å²) in [5, 5.41) is 10.6.